The number of benzene rings is 1. The van der Waals surface area contributed by atoms with Crippen molar-refractivity contribution in [2.24, 2.45) is 0 Å². The lowest BCUT2D eigenvalue weighted by Crippen LogP contribution is -2.34. The zero-order valence-corrected chi connectivity index (χ0v) is 12.6. The van der Waals surface area contributed by atoms with Gasteiger partial charge in [0.25, 0.3) is 5.91 Å². The molecule has 1 aromatic carbocycles. The average Bonchev–Trinajstić information content (AvgIpc) is 2.43. The topological polar surface area (TPSA) is 84.3 Å². The van der Waals surface area contributed by atoms with Crippen LogP contribution in [0.5, 0.6) is 0 Å². The van der Waals surface area contributed by atoms with Gasteiger partial charge in [0.15, 0.2) is 0 Å². The largest absolute Gasteiger partial charge is 0.383 e. The molecule has 6 nitrogen and oxygen atoms in total. The van der Waals surface area contributed by atoms with Gasteiger partial charge in [-0.15, -0.1) is 0 Å². The van der Waals surface area contributed by atoms with Crippen LogP contribution < -0.4 is 10.6 Å². The number of hydrogen-bond acceptors (Lipinski definition) is 5. The molecule has 0 spiro atoms. The fourth-order valence-corrected chi connectivity index (χ4v) is 2.44. The first-order chi connectivity index (χ1) is 9.51. The molecule has 1 rings (SSSR count). The zero-order chi connectivity index (χ0) is 15.1. The first kappa shape index (κ1) is 16.3. The van der Waals surface area contributed by atoms with Gasteiger partial charge >= 0.3 is 5.69 Å². The molecule has 0 aliphatic carbocycles. The van der Waals surface area contributed by atoms with Crippen molar-refractivity contribution in [2.75, 3.05) is 23.9 Å². The van der Waals surface area contributed by atoms with Gasteiger partial charge < -0.3 is 10.6 Å². The van der Waals surface area contributed by atoms with Crippen LogP contribution in [0, 0.1) is 10.1 Å². The van der Waals surface area contributed by atoms with E-state index in [1.807, 2.05) is 13.8 Å². The predicted molar refractivity (Wildman–Crippen MR) is 82.6 cm³/mol. The second-order valence-corrected chi connectivity index (χ2v) is 5.56. The highest BCUT2D eigenvalue weighted by molar-refractivity contribution is 7.99. The van der Waals surface area contributed by atoms with Crippen molar-refractivity contribution in [1.29, 1.82) is 0 Å². The van der Waals surface area contributed by atoms with Crippen LogP contribution in [-0.4, -0.2) is 35.4 Å². The van der Waals surface area contributed by atoms with Gasteiger partial charge in [-0.1, -0.05) is 13.0 Å². The quantitative estimate of drug-likeness (QED) is 0.596. The molecule has 20 heavy (non-hydrogen) atoms. The van der Waals surface area contributed by atoms with Crippen LogP contribution >= 0.6 is 11.8 Å². The van der Waals surface area contributed by atoms with Crippen LogP contribution in [0.2, 0.25) is 0 Å². The van der Waals surface area contributed by atoms with E-state index in [0.717, 1.165) is 11.5 Å². The number of hydrogen-bond donors (Lipinski definition) is 2. The van der Waals surface area contributed by atoms with Crippen LogP contribution in [-0.2, 0) is 0 Å². The van der Waals surface area contributed by atoms with Crippen molar-refractivity contribution in [2.45, 2.75) is 19.9 Å². The summed E-state index contributed by atoms with van der Waals surface area (Å²) in [4.78, 5) is 22.8. The van der Waals surface area contributed by atoms with Crippen LogP contribution in [0.1, 0.15) is 24.2 Å². The third kappa shape index (κ3) is 4.12. The standard InChI is InChI=1S/C13H19N3O3S/c1-4-20-8-9(2)15-13(17)10-6-5-7-11(14-3)12(10)16(18)19/h5-7,9,14H,4,8H2,1-3H3,(H,15,17). The molecule has 0 radical (unpaired) electrons. The van der Waals surface area contributed by atoms with Crippen molar-refractivity contribution < 1.29 is 9.72 Å². The molecule has 1 unspecified atom stereocenters. The van der Waals surface area contributed by atoms with E-state index in [-0.39, 0.29) is 17.3 Å². The molecule has 0 aliphatic rings. The molecule has 7 heteroatoms. The second kappa shape index (κ2) is 7.74. The third-order valence-corrected chi connectivity index (χ3v) is 3.83. The number of nitrogens with zero attached hydrogens (tertiary/aromatic N) is 1. The van der Waals surface area contributed by atoms with E-state index < -0.39 is 10.8 Å². The Hall–Kier alpha value is -1.76. The Morgan fingerprint density at radius 1 is 1.50 bits per heavy atom. The molecule has 0 saturated carbocycles. The molecular weight excluding hydrogens is 278 g/mol. The maximum atomic E-state index is 12.2. The van der Waals surface area contributed by atoms with E-state index in [4.69, 9.17) is 0 Å². The van der Waals surface area contributed by atoms with Gasteiger partial charge in [-0.2, -0.15) is 11.8 Å². The zero-order valence-electron chi connectivity index (χ0n) is 11.8. The minimum atomic E-state index is -0.536. The van der Waals surface area contributed by atoms with Crippen LogP contribution in [0.25, 0.3) is 0 Å². The highest BCUT2D eigenvalue weighted by Crippen LogP contribution is 2.28. The number of rotatable bonds is 7. The molecule has 0 aliphatic heterocycles. The van der Waals surface area contributed by atoms with Gasteiger partial charge in [-0.05, 0) is 24.8 Å². The first-order valence-electron chi connectivity index (χ1n) is 6.35. The Balaban J connectivity index is 2.95. The number of carbonyl (C=O) groups is 1. The number of anilines is 1. The van der Waals surface area contributed by atoms with Gasteiger partial charge in [-0.25, -0.2) is 0 Å². The summed E-state index contributed by atoms with van der Waals surface area (Å²) in [5.74, 6) is 1.33. The summed E-state index contributed by atoms with van der Waals surface area (Å²) >= 11 is 1.71. The van der Waals surface area contributed by atoms with Crippen molar-refractivity contribution in [3.8, 4) is 0 Å². The molecule has 2 N–H and O–H groups in total. The molecule has 1 amide bonds. The van der Waals surface area contributed by atoms with E-state index in [1.165, 1.54) is 6.07 Å². The van der Waals surface area contributed by atoms with Crippen molar-refractivity contribution in [3.63, 3.8) is 0 Å². The molecular formula is C13H19N3O3S. The summed E-state index contributed by atoms with van der Waals surface area (Å²) in [6.45, 7) is 3.93. The highest BCUT2D eigenvalue weighted by atomic mass is 32.2. The number of thioether (sulfide) groups is 1. The van der Waals surface area contributed by atoms with Crippen molar-refractivity contribution >= 4 is 29.0 Å². The molecule has 0 bridgehead atoms. The lowest BCUT2D eigenvalue weighted by molar-refractivity contribution is -0.384. The minimum Gasteiger partial charge on any atom is -0.383 e. The van der Waals surface area contributed by atoms with Crippen LogP contribution in [0.4, 0.5) is 11.4 Å². The Morgan fingerprint density at radius 3 is 2.75 bits per heavy atom. The van der Waals surface area contributed by atoms with E-state index in [2.05, 4.69) is 10.6 Å². The summed E-state index contributed by atoms with van der Waals surface area (Å²) < 4.78 is 0. The molecule has 0 aromatic heterocycles. The molecule has 0 heterocycles. The normalized spacial score (nSPS) is 11.8. The van der Waals surface area contributed by atoms with Gasteiger partial charge in [0.05, 0.1) is 4.92 Å². The van der Waals surface area contributed by atoms with E-state index >= 15 is 0 Å². The van der Waals surface area contributed by atoms with Gasteiger partial charge in [-0.3, -0.25) is 14.9 Å². The van der Waals surface area contributed by atoms with Crippen molar-refractivity contribution in [1.82, 2.24) is 5.32 Å². The van der Waals surface area contributed by atoms with E-state index in [9.17, 15) is 14.9 Å². The van der Waals surface area contributed by atoms with Crippen molar-refractivity contribution in [3.05, 3.63) is 33.9 Å². The molecule has 0 saturated heterocycles. The van der Waals surface area contributed by atoms with E-state index in [1.54, 1.807) is 30.9 Å². The predicted octanol–water partition coefficient (Wildman–Crippen LogP) is 2.51. The van der Waals surface area contributed by atoms with E-state index in [0.29, 0.717) is 5.69 Å². The van der Waals surface area contributed by atoms with Gasteiger partial charge in [0.2, 0.25) is 0 Å². The number of para-hydroxylation sites is 1. The summed E-state index contributed by atoms with van der Waals surface area (Å²) in [6.07, 6.45) is 0. The van der Waals surface area contributed by atoms with Gasteiger partial charge in [0, 0.05) is 18.8 Å². The SMILES string of the molecule is CCSCC(C)NC(=O)c1cccc(NC)c1[N+](=O)[O-]. The Bertz CT molecular complexity index is 494. The molecule has 1 aromatic rings. The number of amides is 1. The number of nitro benzene ring substituents is 1. The number of carbonyl (C=O) groups excluding carboxylic acids is 1. The lowest BCUT2D eigenvalue weighted by atomic mass is 10.1. The minimum absolute atomic E-state index is 0.0368. The summed E-state index contributed by atoms with van der Waals surface area (Å²) in [5.41, 5.74) is 0.219. The second-order valence-electron chi connectivity index (χ2n) is 4.24. The molecule has 110 valence electrons. The van der Waals surface area contributed by atoms with Gasteiger partial charge in [0.1, 0.15) is 11.3 Å². The molecule has 1 atom stereocenters. The Morgan fingerprint density at radius 2 is 2.20 bits per heavy atom. The third-order valence-electron chi connectivity index (χ3n) is 2.68. The van der Waals surface area contributed by atoms with Crippen LogP contribution in [0.15, 0.2) is 18.2 Å². The number of nitro groups is 1. The average molecular weight is 297 g/mol. The summed E-state index contributed by atoms with van der Waals surface area (Å²) in [5, 5.41) is 16.7. The highest BCUT2D eigenvalue weighted by Gasteiger charge is 2.24. The van der Waals surface area contributed by atoms with Crippen LogP contribution in [0.3, 0.4) is 0 Å². The maximum absolute atomic E-state index is 12.2. The fourth-order valence-electron chi connectivity index (χ4n) is 1.76. The fraction of sp³-hybridized carbons (Fsp3) is 0.462. The maximum Gasteiger partial charge on any atom is 0.305 e. The Labute approximate surface area is 122 Å². The monoisotopic (exact) mass is 297 g/mol. The Kier molecular flexibility index (Phi) is 6.30. The smallest absolute Gasteiger partial charge is 0.305 e. The lowest BCUT2D eigenvalue weighted by Gasteiger charge is -2.14. The number of nitrogens with one attached hydrogen (secondary N) is 2. The molecule has 0 fully saturated rings. The summed E-state index contributed by atoms with van der Waals surface area (Å²) in [7, 11) is 1.59. The summed E-state index contributed by atoms with van der Waals surface area (Å²) in [6, 6.07) is 4.63. The first-order valence-corrected chi connectivity index (χ1v) is 7.50.